The molecule has 0 saturated carbocycles. The van der Waals surface area contributed by atoms with Gasteiger partial charge in [0.1, 0.15) is 0 Å². The normalized spacial score (nSPS) is 34.3. The van der Waals surface area contributed by atoms with Gasteiger partial charge in [0.15, 0.2) is 0 Å². The summed E-state index contributed by atoms with van der Waals surface area (Å²) in [6.07, 6.45) is 6.61. The second-order valence-electron chi connectivity index (χ2n) is 2.64. The molecule has 0 radical (unpaired) electrons. The average molecular weight is 144 g/mol. The van der Waals surface area contributed by atoms with E-state index >= 15 is 0 Å². The zero-order chi connectivity index (χ0) is 6.91. The number of hydrogen-bond donors (Lipinski definition) is 1. The summed E-state index contributed by atoms with van der Waals surface area (Å²) < 4.78 is 0. The van der Waals surface area contributed by atoms with Crippen molar-refractivity contribution in [3.63, 3.8) is 0 Å². The van der Waals surface area contributed by atoms with E-state index in [1.165, 1.54) is 0 Å². The van der Waals surface area contributed by atoms with E-state index in [1.807, 2.05) is 25.2 Å². The molecule has 0 bridgehead atoms. The van der Waals surface area contributed by atoms with Crippen molar-refractivity contribution in [3.05, 3.63) is 23.3 Å². The predicted octanol–water partition coefficient (Wildman–Crippen LogP) is 1.79. The Morgan fingerprint density at radius 2 is 2.44 bits per heavy atom. The van der Waals surface area contributed by atoms with Crippen LogP contribution in [0.4, 0.5) is 0 Å². The van der Waals surface area contributed by atoms with Gasteiger partial charge in [-0.3, -0.25) is 0 Å². The molecule has 50 valence electrons. The molecule has 2 N–H and O–H groups in total. The maximum Gasteiger partial charge on any atom is 0.0381 e. The first-order chi connectivity index (χ1) is 4.10. The molecule has 0 aromatic heterocycles. The lowest BCUT2D eigenvalue weighted by atomic mass is 9.95. The minimum absolute atomic E-state index is 0.230. The van der Waals surface area contributed by atoms with Crippen LogP contribution in [0.2, 0.25) is 0 Å². The van der Waals surface area contributed by atoms with E-state index in [-0.39, 0.29) is 5.54 Å². The largest absolute Gasteiger partial charge is 0.322 e. The van der Waals surface area contributed by atoms with Crippen LogP contribution < -0.4 is 5.73 Å². The number of halogens is 1. The molecule has 2 heteroatoms. The van der Waals surface area contributed by atoms with Gasteiger partial charge in [-0.15, -0.1) is 0 Å². The molecule has 0 aromatic carbocycles. The Labute approximate surface area is 60.2 Å². The maximum atomic E-state index is 5.76. The molecule has 1 atom stereocenters. The maximum absolute atomic E-state index is 5.76. The second-order valence-corrected chi connectivity index (χ2v) is 3.08. The molecule has 0 aliphatic heterocycles. The van der Waals surface area contributed by atoms with Crippen LogP contribution in [0, 0.1) is 0 Å². The molecule has 0 heterocycles. The highest BCUT2D eigenvalue weighted by Crippen LogP contribution is 2.19. The Kier molecular flexibility index (Phi) is 1.64. The van der Waals surface area contributed by atoms with Gasteiger partial charge >= 0.3 is 0 Å². The Morgan fingerprint density at radius 1 is 1.78 bits per heavy atom. The van der Waals surface area contributed by atoms with Gasteiger partial charge in [0.25, 0.3) is 0 Å². The molecule has 1 rings (SSSR count). The summed E-state index contributed by atoms with van der Waals surface area (Å²) in [5.74, 6) is 0. The van der Waals surface area contributed by atoms with Crippen LogP contribution in [-0.2, 0) is 0 Å². The van der Waals surface area contributed by atoms with E-state index in [9.17, 15) is 0 Å². The van der Waals surface area contributed by atoms with Crippen molar-refractivity contribution < 1.29 is 0 Å². The summed E-state index contributed by atoms with van der Waals surface area (Å²) in [7, 11) is 0. The number of nitrogens with two attached hydrogens (primary N) is 1. The first-order valence-corrected chi connectivity index (χ1v) is 3.32. The minimum Gasteiger partial charge on any atom is -0.322 e. The van der Waals surface area contributed by atoms with Gasteiger partial charge in [-0.1, -0.05) is 17.7 Å². The van der Waals surface area contributed by atoms with E-state index in [1.54, 1.807) is 0 Å². The third-order valence-corrected chi connectivity index (χ3v) is 1.54. The minimum atomic E-state index is -0.230. The van der Waals surface area contributed by atoms with Crippen LogP contribution in [0.25, 0.3) is 0 Å². The van der Waals surface area contributed by atoms with E-state index in [0.29, 0.717) is 0 Å². The van der Waals surface area contributed by atoms with Gasteiger partial charge in [0, 0.05) is 10.6 Å². The summed E-state index contributed by atoms with van der Waals surface area (Å²) in [5, 5.41) is 0.742. The summed E-state index contributed by atoms with van der Waals surface area (Å²) in [4.78, 5) is 0. The zero-order valence-electron chi connectivity index (χ0n) is 5.39. The van der Waals surface area contributed by atoms with Crippen LogP contribution in [0.15, 0.2) is 23.3 Å². The molecule has 1 aliphatic carbocycles. The molecule has 1 nitrogen and oxygen atoms in total. The van der Waals surface area contributed by atoms with Crippen molar-refractivity contribution in [3.8, 4) is 0 Å². The lowest BCUT2D eigenvalue weighted by Gasteiger charge is -2.20. The lowest BCUT2D eigenvalue weighted by molar-refractivity contribution is 0.588. The van der Waals surface area contributed by atoms with Gasteiger partial charge in [-0.2, -0.15) is 0 Å². The third kappa shape index (κ3) is 1.84. The molecule has 0 fully saturated rings. The monoisotopic (exact) mass is 143 g/mol. The van der Waals surface area contributed by atoms with Crippen LogP contribution in [0.5, 0.6) is 0 Å². The highest BCUT2D eigenvalue weighted by molar-refractivity contribution is 6.31. The number of allylic oxidation sites excluding steroid dienone is 2. The number of hydrogen-bond acceptors (Lipinski definition) is 1. The Morgan fingerprint density at radius 3 is 2.78 bits per heavy atom. The molecular weight excluding hydrogens is 134 g/mol. The molecule has 0 saturated heterocycles. The van der Waals surface area contributed by atoms with Gasteiger partial charge in [0.05, 0.1) is 0 Å². The fraction of sp³-hybridized carbons (Fsp3) is 0.429. The van der Waals surface area contributed by atoms with Gasteiger partial charge in [0.2, 0.25) is 0 Å². The highest BCUT2D eigenvalue weighted by Gasteiger charge is 2.15. The Balaban J connectivity index is 2.78. The quantitative estimate of drug-likeness (QED) is 0.550. The summed E-state index contributed by atoms with van der Waals surface area (Å²) >= 11 is 5.70. The van der Waals surface area contributed by atoms with Crippen LogP contribution >= 0.6 is 11.6 Å². The molecule has 0 aromatic rings. The topological polar surface area (TPSA) is 26.0 Å². The molecule has 0 amide bonds. The van der Waals surface area contributed by atoms with E-state index < -0.39 is 0 Å². The van der Waals surface area contributed by atoms with Crippen molar-refractivity contribution in [2.45, 2.75) is 18.9 Å². The van der Waals surface area contributed by atoms with Gasteiger partial charge in [-0.05, 0) is 25.5 Å². The SMILES string of the molecule is CC1(N)C=C(Cl)C=CC1. The summed E-state index contributed by atoms with van der Waals surface area (Å²) in [6, 6.07) is 0. The Hall–Kier alpha value is -0.270. The summed E-state index contributed by atoms with van der Waals surface area (Å²) in [5.41, 5.74) is 5.53. The second kappa shape index (κ2) is 2.16. The smallest absolute Gasteiger partial charge is 0.0381 e. The number of rotatable bonds is 0. The van der Waals surface area contributed by atoms with Crippen LogP contribution in [0.1, 0.15) is 13.3 Å². The predicted molar refractivity (Wildman–Crippen MR) is 40.3 cm³/mol. The van der Waals surface area contributed by atoms with Crippen molar-refractivity contribution >= 4 is 11.6 Å². The molecule has 0 spiro atoms. The molecule has 1 aliphatic rings. The molecular formula is C7H10ClN. The Bertz CT molecular complexity index is 168. The van der Waals surface area contributed by atoms with E-state index in [4.69, 9.17) is 17.3 Å². The fourth-order valence-corrected chi connectivity index (χ4v) is 1.19. The highest BCUT2D eigenvalue weighted by atomic mass is 35.5. The summed E-state index contributed by atoms with van der Waals surface area (Å²) in [6.45, 7) is 1.96. The molecule has 9 heavy (non-hydrogen) atoms. The van der Waals surface area contributed by atoms with Gasteiger partial charge in [-0.25, -0.2) is 0 Å². The van der Waals surface area contributed by atoms with Crippen LogP contribution in [-0.4, -0.2) is 5.54 Å². The van der Waals surface area contributed by atoms with Crippen molar-refractivity contribution in [2.75, 3.05) is 0 Å². The van der Waals surface area contributed by atoms with Crippen molar-refractivity contribution in [2.24, 2.45) is 5.73 Å². The zero-order valence-corrected chi connectivity index (χ0v) is 6.15. The van der Waals surface area contributed by atoms with E-state index in [0.717, 1.165) is 11.5 Å². The average Bonchev–Trinajstić information content (AvgIpc) is 1.60. The van der Waals surface area contributed by atoms with E-state index in [2.05, 4.69) is 0 Å². The van der Waals surface area contributed by atoms with Crippen molar-refractivity contribution in [1.29, 1.82) is 0 Å². The third-order valence-electron chi connectivity index (χ3n) is 1.30. The van der Waals surface area contributed by atoms with Crippen LogP contribution in [0.3, 0.4) is 0 Å². The first-order valence-electron chi connectivity index (χ1n) is 2.94. The molecule has 1 unspecified atom stereocenters. The standard InChI is InChI=1S/C7H10ClN/c1-7(9)4-2-3-6(8)5-7/h2-3,5H,4,9H2,1H3. The van der Waals surface area contributed by atoms with Crippen molar-refractivity contribution in [1.82, 2.24) is 0 Å². The fourth-order valence-electron chi connectivity index (χ4n) is 0.847. The first kappa shape index (κ1) is 6.84. The lowest BCUT2D eigenvalue weighted by Crippen LogP contribution is -2.33. The van der Waals surface area contributed by atoms with Gasteiger partial charge < -0.3 is 5.73 Å².